The van der Waals surface area contributed by atoms with E-state index in [0.717, 1.165) is 23.5 Å². The molecule has 21 heavy (non-hydrogen) atoms. The number of thioether (sulfide) groups is 1. The number of rotatable bonds is 5. The van der Waals surface area contributed by atoms with Gasteiger partial charge in [-0.1, -0.05) is 30.8 Å². The van der Waals surface area contributed by atoms with Crippen LogP contribution in [-0.4, -0.2) is 21.6 Å². The largest absolute Gasteiger partial charge is 0.325 e. The molecule has 0 radical (unpaired) electrons. The molecule has 0 saturated carbocycles. The van der Waals surface area contributed by atoms with E-state index in [-0.39, 0.29) is 5.91 Å². The highest BCUT2D eigenvalue weighted by atomic mass is 32.2. The van der Waals surface area contributed by atoms with Crippen molar-refractivity contribution in [3.8, 4) is 0 Å². The van der Waals surface area contributed by atoms with Crippen LogP contribution in [0.15, 0.2) is 35.5 Å². The van der Waals surface area contributed by atoms with Crippen molar-refractivity contribution in [1.29, 1.82) is 0 Å². The van der Waals surface area contributed by atoms with Crippen molar-refractivity contribution in [3.63, 3.8) is 0 Å². The molecule has 0 aliphatic heterocycles. The van der Waals surface area contributed by atoms with Crippen molar-refractivity contribution in [1.82, 2.24) is 9.97 Å². The van der Waals surface area contributed by atoms with E-state index in [1.165, 1.54) is 17.3 Å². The van der Waals surface area contributed by atoms with Gasteiger partial charge in [-0.3, -0.25) is 4.79 Å². The van der Waals surface area contributed by atoms with E-state index in [4.69, 9.17) is 0 Å². The van der Waals surface area contributed by atoms with Crippen LogP contribution in [0.1, 0.15) is 23.9 Å². The van der Waals surface area contributed by atoms with Gasteiger partial charge < -0.3 is 5.32 Å². The molecule has 4 nitrogen and oxygen atoms in total. The number of benzene rings is 1. The lowest BCUT2D eigenvalue weighted by molar-refractivity contribution is -0.113. The Labute approximate surface area is 129 Å². The first-order valence-electron chi connectivity index (χ1n) is 6.90. The van der Waals surface area contributed by atoms with E-state index in [0.29, 0.717) is 10.9 Å². The van der Waals surface area contributed by atoms with Crippen molar-refractivity contribution in [2.45, 2.75) is 32.3 Å². The lowest BCUT2D eigenvalue weighted by Crippen LogP contribution is -2.14. The van der Waals surface area contributed by atoms with Crippen molar-refractivity contribution in [2.75, 3.05) is 11.1 Å². The van der Waals surface area contributed by atoms with Gasteiger partial charge in [0.2, 0.25) is 5.91 Å². The molecule has 0 aliphatic rings. The molecule has 1 aromatic heterocycles. The minimum absolute atomic E-state index is 0.0491. The van der Waals surface area contributed by atoms with E-state index < -0.39 is 0 Å². The van der Waals surface area contributed by atoms with Crippen LogP contribution in [0.3, 0.4) is 0 Å². The summed E-state index contributed by atoms with van der Waals surface area (Å²) in [6, 6.07) is 9.81. The van der Waals surface area contributed by atoms with Crippen LogP contribution < -0.4 is 5.32 Å². The van der Waals surface area contributed by atoms with E-state index in [1.54, 1.807) is 0 Å². The van der Waals surface area contributed by atoms with Gasteiger partial charge >= 0.3 is 0 Å². The van der Waals surface area contributed by atoms with Crippen LogP contribution >= 0.6 is 11.8 Å². The fraction of sp³-hybridized carbons (Fsp3) is 0.312. The van der Waals surface area contributed by atoms with Gasteiger partial charge in [0.05, 0.1) is 5.75 Å². The number of amides is 1. The summed E-state index contributed by atoms with van der Waals surface area (Å²) in [4.78, 5) is 20.5. The quantitative estimate of drug-likeness (QED) is 0.679. The summed E-state index contributed by atoms with van der Waals surface area (Å²) in [6.45, 7) is 5.95. The Balaban J connectivity index is 1.89. The number of carbonyl (C=O) groups excluding carboxylic acids is 1. The van der Waals surface area contributed by atoms with Gasteiger partial charge in [-0.05, 0) is 44.0 Å². The van der Waals surface area contributed by atoms with Gasteiger partial charge in [0.1, 0.15) is 0 Å². The first-order valence-corrected chi connectivity index (χ1v) is 7.89. The molecule has 1 heterocycles. The minimum Gasteiger partial charge on any atom is -0.325 e. The molecular formula is C16H19N3OS. The Kier molecular flexibility index (Phi) is 5.33. The molecule has 1 aromatic carbocycles. The molecule has 1 N–H and O–H groups in total. The van der Waals surface area contributed by atoms with Crippen LogP contribution in [0.4, 0.5) is 5.69 Å². The van der Waals surface area contributed by atoms with Crippen LogP contribution in [0.2, 0.25) is 0 Å². The third-order valence-electron chi connectivity index (χ3n) is 2.94. The van der Waals surface area contributed by atoms with Crippen molar-refractivity contribution >= 4 is 23.4 Å². The van der Waals surface area contributed by atoms with Crippen LogP contribution in [0.5, 0.6) is 0 Å². The summed E-state index contributed by atoms with van der Waals surface area (Å²) >= 11 is 1.35. The highest BCUT2D eigenvalue weighted by molar-refractivity contribution is 7.99. The molecule has 0 atom stereocenters. The fourth-order valence-corrected chi connectivity index (χ4v) is 2.66. The molecule has 1 amide bonds. The number of aryl methyl sites for hydroxylation is 3. The molecule has 0 aliphatic carbocycles. The molecule has 2 rings (SSSR count). The second-order valence-corrected chi connectivity index (χ2v) is 5.76. The minimum atomic E-state index is -0.0491. The average Bonchev–Trinajstić information content (AvgIpc) is 2.45. The van der Waals surface area contributed by atoms with E-state index >= 15 is 0 Å². The van der Waals surface area contributed by atoms with Gasteiger partial charge in [-0.2, -0.15) is 0 Å². The van der Waals surface area contributed by atoms with E-state index in [9.17, 15) is 4.79 Å². The number of nitrogens with zero attached hydrogens (tertiary/aromatic N) is 2. The van der Waals surface area contributed by atoms with Crippen LogP contribution in [-0.2, 0) is 11.2 Å². The number of aromatic nitrogens is 2. The summed E-state index contributed by atoms with van der Waals surface area (Å²) in [7, 11) is 0. The smallest absolute Gasteiger partial charge is 0.234 e. The van der Waals surface area contributed by atoms with Gasteiger partial charge in [0.15, 0.2) is 5.16 Å². The second kappa shape index (κ2) is 7.22. The third kappa shape index (κ3) is 4.86. The Morgan fingerprint density at radius 1 is 1.14 bits per heavy atom. The highest BCUT2D eigenvalue weighted by Gasteiger charge is 2.06. The van der Waals surface area contributed by atoms with Gasteiger partial charge in [-0.15, -0.1) is 0 Å². The van der Waals surface area contributed by atoms with Crippen molar-refractivity contribution in [2.24, 2.45) is 0 Å². The number of nitrogens with one attached hydrogen (secondary N) is 1. The highest BCUT2D eigenvalue weighted by Crippen LogP contribution is 2.15. The Bertz CT molecular complexity index is 606. The Hall–Kier alpha value is -1.88. The fourth-order valence-electron chi connectivity index (χ4n) is 1.91. The molecule has 110 valence electrons. The zero-order chi connectivity index (χ0) is 15.2. The lowest BCUT2D eigenvalue weighted by Gasteiger charge is -2.06. The maximum absolute atomic E-state index is 11.9. The summed E-state index contributed by atoms with van der Waals surface area (Å²) in [5.41, 5.74) is 3.91. The van der Waals surface area contributed by atoms with Gasteiger partial charge in [0, 0.05) is 17.1 Å². The van der Waals surface area contributed by atoms with Gasteiger partial charge in [0.25, 0.3) is 0 Å². The number of carbonyl (C=O) groups is 1. The first kappa shape index (κ1) is 15.5. The maximum atomic E-state index is 11.9. The predicted molar refractivity (Wildman–Crippen MR) is 86.7 cm³/mol. The van der Waals surface area contributed by atoms with Crippen molar-refractivity contribution < 1.29 is 4.79 Å². The molecule has 0 saturated heterocycles. The van der Waals surface area contributed by atoms with Crippen LogP contribution in [0.25, 0.3) is 0 Å². The second-order valence-electron chi connectivity index (χ2n) is 4.82. The molecule has 5 heteroatoms. The number of anilines is 1. The maximum Gasteiger partial charge on any atom is 0.234 e. The summed E-state index contributed by atoms with van der Waals surface area (Å²) in [5, 5.41) is 3.52. The number of hydrogen-bond acceptors (Lipinski definition) is 4. The number of hydrogen-bond donors (Lipinski definition) is 1. The van der Waals surface area contributed by atoms with Gasteiger partial charge in [-0.25, -0.2) is 9.97 Å². The average molecular weight is 301 g/mol. The lowest BCUT2D eigenvalue weighted by atomic mass is 10.1. The molecule has 0 spiro atoms. The van der Waals surface area contributed by atoms with Crippen LogP contribution in [0, 0.1) is 13.8 Å². The normalized spacial score (nSPS) is 10.4. The van der Waals surface area contributed by atoms with E-state index in [2.05, 4.69) is 22.2 Å². The third-order valence-corrected chi connectivity index (χ3v) is 3.79. The monoisotopic (exact) mass is 301 g/mol. The predicted octanol–water partition coefficient (Wildman–Crippen LogP) is 3.39. The Morgan fingerprint density at radius 2 is 1.76 bits per heavy atom. The molecule has 0 unspecified atom stereocenters. The SMILES string of the molecule is CCc1ccc(NC(=O)CSc2nc(C)cc(C)n2)cc1. The summed E-state index contributed by atoms with van der Waals surface area (Å²) in [5.74, 6) is 0.255. The summed E-state index contributed by atoms with van der Waals surface area (Å²) < 4.78 is 0. The zero-order valence-electron chi connectivity index (χ0n) is 12.5. The summed E-state index contributed by atoms with van der Waals surface area (Å²) in [6.07, 6.45) is 0.994. The Morgan fingerprint density at radius 3 is 2.33 bits per heavy atom. The standard InChI is InChI=1S/C16H19N3OS/c1-4-13-5-7-14(8-6-13)19-15(20)10-21-16-17-11(2)9-12(3)18-16/h5-9H,4,10H2,1-3H3,(H,19,20). The zero-order valence-corrected chi connectivity index (χ0v) is 13.3. The molecule has 0 fully saturated rings. The van der Waals surface area contributed by atoms with Crippen molar-refractivity contribution in [3.05, 3.63) is 47.3 Å². The molecular weight excluding hydrogens is 282 g/mol. The van der Waals surface area contributed by atoms with E-state index in [1.807, 2.05) is 44.2 Å². The molecule has 0 bridgehead atoms. The topological polar surface area (TPSA) is 54.9 Å². The molecule has 2 aromatic rings. The first-order chi connectivity index (χ1) is 10.1.